The summed E-state index contributed by atoms with van der Waals surface area (Å²) in [7, 11) is 2.80. The second-order valence-electron chi connectivity index (χ2n) is 5.98. The zero-order chi connectivity index (χ0) is 19.2. The number of aromatic nitrogens is 2. The first-order valence-corrected chi connectivity index (χ1v) is 8.54. The lowest BCUT2D eigenvalue weighted by Gasteiger charge is -2.10. The summed E-state index contributed by atoms with van der Waals surface area (Å²) in [5.41, 5.74) is 3.03. The van der Waals surface area contributed by atoms with Gasteiger partial charge in [-0.15, -0.1) is 0 Å². The molecule has 0 aliphatic carbocycles. The first kappa shape index (κ1) is 18.4. The van der Waals surface area contributed by atoms with Gasteiger partial charge in [0.05, 0.1) is 31.6 Å². The number of nitrogens with zero attached hydrogens (tertiary/aromatic N) is 2. The van der Waals surface area contributed by atoms with Crippen molar-refractivity contribution < 1.29 is 19.1 Å². The molecule has 2 aromatic carbocycles. The number of carbonyl (C=O) groups excluding carboxylic acids is 2. The molecule has 0 aliphatic rings. The van der Waals surface area contributed by atoms with Gasteiger partial charge < -0.3 is 19.4 Å². The van der Waals surface area contributed by atoms with Crippen LogP contribution in [0.3, 0.4) is 0 Å². The summed E-state index contributed by atoms with van der Waals surface area (Å²) >= 11 is 0. The topological polar surface area (TPSA) is 82.5 Å². The van der Waals surface area contributed by atoms with Crippen LogP contribution >= 0.6 is 0 Å². The molecule has 0 unspecified atom stereocenters. The van der Waals surface area contributed by atoms with Crippen molar-refractivity contribution in [3.8, 4) is 5.75 Å². The van der Waals surface area contributed by atoms with Crippen LogP contribution in [-0.2, 0) is 22.6 Å². The molecule has 0 aliphatic heterocycles. The molecule has 7 heteroatoms. The van der Waals surface area contributed by atoms with Crippen molar-refractivity contribution in [3.05, 3.63) is 59.9 Å². The molecule has 0 radical (unpaired) electrons. The van der Waals surface area contributed by atoms with Gasteiger partial charge in [0, 0.05) is 19.5 Å². The minimum absolute atomic E-state index is 0.0804. The van der Waals surface area contributed by atoms with Gasteiger partial charge in [0.15, 0.2) is 0 Å². The molecule has 0 saturated heterocycles. The molecule has 0 bridgehead atoms. The third-order valence-corrected chi connectivity index (χ3v) is 4.27. The quantitative estimate of drug-likeness (QED) is 0.649. The minimum Gasteiger partial charge on any atom is -0.496 e. The number of imidazole rings is 1. The summed E-state index contributed by atoms with van der Waals surface area (Å²) < 4.78 is 11.9. The molecule has 3 aromatic rings. The van der Waals surface area contributed by atoms with Crippen LogP contribution in [-0.4, -0.2) is 35.6 Å². The van der Waals surface area contributed by atoms with Gasteiger partial charge in [-0.2, -0.15) is 0 Å². The second kappa shape index (κ2) is 8.35. The number of para-hydroxylation sites is 2. The molecular weight excluding hydrogens is 346 g/mol. The summed E-state index contributed by atoms with van der Waals surface area (Å²) in [5.74, 6) is -0.126. The number of hydrogen-bond acceptors (Lipinski definition) is 5. The first-order chi connectivity index (χ1) is 13.1. The standard InChI is InChI=1S/C20H21N3O4/c1-26-18-8-7-14(11-15(18)20(25)27-2)12-21-19(24)9-10-23-13-22-16-5-3-4-6-17(16)23/h3-8,11,13H,9-10,12H2,1-2H3,(H,21,24). The molecule has 1 heterocycles. The van der Waals surface area contributed by atoms with Crippen LogP contribution < -0.4 is 10.1 Å². The highest BCUT2D eigenvalue weighted by molar-refractivity contribution is 5.92. The summed E-state index contributed by atoms with van der Waals surface area (Å²) in [6.07, 6.45) is 2.07. The number of benzene rings is 2. The number of ether oxygens (including phenoxy) is 2. The Morgan fingerprint density at radius 1 is 1.15 bits per heavy atom. The number of esters is 1. The van der Waals surface area contributed by atoms with E-state index in [1.165, 1.54) is 14.2 Å². The Hall–Kier alpha value is -3.35. The van der Waals surface area contributed by atoms with Crippen molar-refractivity contribution in [2.45, 2.75) is 19.5 Å². The highest BCUT2D eigenvalue weighted by Gasteiger charge is 2.14. The summed E-state index contributed by atoms with van der Waals surface area (Å²) in [5, 5.41) is 2.87. The lowest BCUT2D eigenvalue weighted by atomic mass is 10.1. The number of aryl methyl sites for hydroxylation is 1. The largest absolute Gasteiger partial charge is 0.496 e. The van der Waals surface area contributed by atoms with E-state index in [0.717, 1.165) is 16.6 Å². The number of nitrogens with one attached hydrogen (secondary N) is 1. The molecule has 1 N–H and O–H groups in total. The third kappa shape index (κ3) is 4.25. The smallest absolute Gasteiger partial charge is 0.341 e. The highest BCUT2D eigenvalue weighted by atomic mass is 16.5. The lowest BCUT2D eigenvalue weighted by molar-refractivity contribution is -0.121. The van der Waals surface area contributed by atoms with Gasteiger partial charge in [0.2, 0.25) is 5.91 Å². The fraction of sp³-hybridized carbons (Fsp3) is 0.250. The second-order valence-corrected chi connectivity index (χ2v) is 5.98. The predicted octanol–water partition coefficient (Wildman–Crippen LogP) is 2.54. The molecule has 3 rings (SSSR count). The molecule has 1 aromatic heterocycles. The van der Waals surface area contributed by atoms with Crippen LogP contribution in [0.15, 0.2) is 48.8 Å². The maximum atomic E-state index is 12.2. The van der Waals surface area contributed by atoms with E-state index in [2.05, 4.69) is 10.3 Å². The fourth-order valence-electron chi connectivity index (χ4n) is 2.83. The van der Waals surface area contributed by atoms with Gasteiger partial charge >= 0.3 is 5.97 Å². The molecule has 1 amide bonds. The molecular formula is C20H21N3O4. The number of fused-ring (bicyclic) bond motifs is 1. The zero-order valence-electron chi connectivity index (χ0n) is 15.3. The summed E-state index contributed by atoms with van der Waals surface area (Å²) in [6.45, 7) is 0.861. The Morgan fingerprint density at radius 3 is 2.74 bits per heavy atom. The number of hydrogen-bond donors (Lipinski definition) is 1. The average molecular weight is 367 g/mol. The van der Waals surface area contributed by atoms with Gasteiger partial charge in [0.25, 0.3) is 0 Å². The maximum absolute atomic E-state index is 12.2. The van der Waals surface area contributed by atoms with Crippen LogP contribution in [0.4, 0.5) is 0 Å². The predicted molar refractivity (Wildman–Crippen MR) is 101 cm³/mol. The van der Waals surface area contributed by atoms with E-state index < -0.39 is 5.97 Å². The molecule has 0 saturated carbocycles. The number of amides is 1. The Balaban J connectivity index is 1.58. The SMILES string of the molecule is COC(=O)c1cc(CNC(=O)CCn2cnc3ccccc32)ccc1OC. The lowest BCUT2D eigenvalue weighted by Crippen LogP contribution is -2.24. The van der Waals surface area contributed by atoms with E-state index in [0.29, 0.717) is 30.8 Å². The Labute approximate surface area is 156 Å². The minimum atomic E-state index is -0.480. The van der Waals surface area contributed by atoms with E-state index >= 15 is 0 Å². The summed E-state index contributed by atoms with van der Waals surface area (Å²) in [6, 6.07) is 12.9. The van der Waals surface area contributed by atoms with E-state index in [9.17, 15) is 9.59 Å². The van der Waals surface area contributed by atoms with E-state index in [4.69, 9.17) is 9.47 Å². The molecule has 0 spiro atoms. The Kier molecular flexibility index (Phi) is 5.71. The maximum Gasteiger partial charge on any atom is 0.341 e. The van der Waals surface area contributed by atoms with Crippen LogP contribution in [0, 0.1) is 0 Å². The molecule has 7 nitrogen and oxygen atoms in total. The van der Waals surface area contributed by atoms with Gasteiger partial charge in [-0.05, 0) is 29.8 Å². The van der Waals surface area contributed by atoms with Crippen molar-refractivity contribution in [1.82, 2.24) is 14.9 Å². The zero-order valence-corrected chi connectivity index (χ0v) is 15.3. The Morgan fingerprint density at radius 2 is 1.96 bits per heavy atom. The van der Waals surface area contributed by atoms with Crippen LogP contribution in [0.25, 0.3) is 11.0 Å². The fourth-order valence-corrected chi connectivity index (χ4v) is 2.83. The van der Waals surface area contributed by atoms with E-state index in [1.54, 1.807) is 24.5 Å². The number of carbonyl (C=O) groups is 2. The van der Waals surface area contributed by atoms with Crippen molar-refractivity contribution in [2.75, 3.05) is 14.2 Å². The first-order valence-electron chi connectivity index (χ1n) is 8.54. The van der Waals surface area contributed by atoms with Crippen LogP contribution in [0.2, 0.25) is 0 Å². The molecule has 0 atom stereocenters. The van der Waals surface area contributed by atoms with Gasteiger partial charge in [-0.1, -0.05) is 18.2 Å². The van der Waals surface area contributed by atoms with E-state index in [1.807, 2.05) is 28.8 Å². The van der Waals surface area contributed by atoms with Crippen molar-refractivity contribution in [2.24, 2.45) is 0 Å². The van der Waals surface area contributed by atoms with Crippen LogP contribution in [0.5, 0.6) is 5.75 Å². The van der Waals surface area contributed by atoms with Gasteiger partial charge in [-0.25, -0.2) is 9.78 Å². The number of methoxy groups -OCH3 is 2. The highest BCUT2D eigenvalue weighted by Crippen LogP contribution is 2.20. The summed E-state index contributed by atoms with van der Waals surface area (Å²) in [4.78, 5) is 28.3. The number of rotatable bonds is 7. The average Bonchev–Trinajstić information content (AvgIpc) is 3.13. The van der Waals surface area contributed by atoms with Crippen molar-refractivity contribution >= 4 is 22.9 Å². The monoisotopic (exact) mass is 367 g/mol. The van der Waals surface area contributed by atoms with Gasteiger partial charge in [-0.3, -0.25) is 4.79 Å². The third-order valence-electron chi connectivity index (χ3n) is 4.27. The van der Waals surface area contributed by atoms with Crippen molar-refractivity contribution in [1.29, 1.82) is 0 Å². The van der Waals surface area contributed by atoms with Crippen molar-refractivity contribution in [3.63, 3.8) is 0 Å². The Bertz CT molecular complexity index is 965. The van der Waals surface area contributed by atoms with Crippen LogP contribution in [0.1, 0.15) is 22.3 Å². The molecule has 0 fully saturated rings. The molecule has 27 heavy (non-hydrogen) atoms. The normalized spacial score (nSPS) is 10.6. The molecule has 140 valence electrons. The van der Waals surface area contributed by atoms with E-state index in [-0.39, 0.29) is 5.91 Å². The van der Waals surface area contributed by atoms with Gasteiger partial charge in [0.1, 0.15) is 11.3 Å².